The summed E-state index contributed by atoms with van der Waals surface area (Å²) in [6, 6.07) is 0.270. The molecule has 1 unspecified atom stereocenters. The van der Waals surface area contributed by atoms with Gasteiger partial charge in [-0.25, -0.2) is 4.79 Å². The van der Waals surface area contributed by atoms with Crippen LogP contribution in [0.1, 0.15) is 40.5 Å². The highest BCUT2D eigenvalue weighted by atomic mass is 32.2. The van der Waals surface area contributed by atoms with Crippen LogP contribution in [0.4, 0.5) is 4.79 Å². The van der Waals surface area contributed by atoms with Gasteiger partial charge in [0.1, 0.15) is 5.60 Å². The van der Waals surface area contributed by atoms with Crippen molar-refractivity contribution in [2.24, 2.45) is 0 Å². The van der Waals surface area contributed by atoms with Gasteiger partial charge in [-0.15, -0.1) is 0 Å². The van der Waals surface area contributed by atoms with Crippen molar-refractivity contribution in [3.63, 3.8) is 0 Å². The van der Waals surface area contributed by atoms with Crippen molar-refractivity contribution in [1.82, 2.24) is 10.6 Å². The van der Waals surface area contributed by atoms with Crippen LogP contribution in [0, 0.1) is 0 Å². The fraction of sp³-hybridized carbons (Fsp3) is 0.923. The zero-order chi connectivity index (χ0) is 14.0. The van der Waals surface area contributed by atoms with E-state index in [0.29, 0.717) is 6.54 Å². The lowest BCUT2D eigenvalue weighted by Gasteiger charge is -2.21. The standard InChI is InChI=1S/C13H28N2O2S/c1-11(14-8-6-7-9-18-5)10-15-12(16)17-13(2,3)4/h11,14H,6-10H2,1-5H3,(H,15,16). The van der Waals surface area contributed by atoms with Gasteiger partial charge in [0.05, 0.1) is 0 Å². The molecule has 0 bridgehead atoms. The van der Waals surface area contributed by atoms with E-state index in [1.54, 1.807) is 0 Å². The predicted octanol–water partition coefficient (Wildman–Crippen LogP) is 2.63. The summed E-state index contributed by atoms with van der Waals surface area (Å²) in [5.74, 6) is 1.21. The highest BCUT2D eigenvalue weighted by Gasteiger charge is 2.16. The van der Waals surface area contributed by atoms with Crippen LogP contribution in [0.25, 0.3) is 0 Å². The molecule has 0 aliphatic carbocycles. The zero-order valence-electron chi connectivity index (χ0n) is 12.3. The summed E-state index contributed by atoms with van der Waals surface area (Å²) in [6.07, 6.45) is 4.19. The van der Waals surface area contributed by atoms with Crippen LogP contribution in [0.2, 0.25) is 0 Å². The molecule has 0 spiro atoms. The SMILES string of the molecule is CSCCCCNC(C)CNC(=O)OC(C)(C)C. The Balaban J connectivity index is 3.52. The van der Waals surface area contributed by atoms with Crippen LogP contribution in [0.15, 0.2) is 0 Å². The third kappa shape index (κ3) is 12.0. The Morgan fingerprint density at radius 2 is 2.00 bits per heavy atom. The van der Waals surface area contributed by atoms with Crippen LogP contribution in [-0.4, -0.2) is 42.8 Å². The van der Waals surface area contributed by atoms with E-state index in [0.717, 1.165) is 6.54 Å². The van der Waals surface area contributed by atoms with Crippen molar-refractivity contribution < 1.29 is 9.53 Å². The van der Waals surface area contributed by atoms with E-state index in [4.69, 9.17) is 4.74 Å². The van der Waals surface area contributed by atoms with E-state index in [1.807, 2.05) is 32.5 Å². The Morgan fingerprint density at radius 1 is 1.33 bits per heavy atom. The number of thioether (sulfide) groups is 1. The first-order chi connectivity index (χ1) is 8.35. The second-order valence-corrected chi connectivity index (χ2v) is 6.42. The normalized spacial score (nSPS) is 13.2. The summed E-state index contributed by atoms with van der Waals surface area (Å²) >= 11 is 1.88. The van der Waals surface area contributed by atoms with Crippen molar-refractivity contribution in [1.29, 1.82) is 0 Å². The zero-order valence-corrected chi connectivity index (χ0v) is 13.2. The molecule has 18 heavy (non-hydrogen) atoms. The van der Waals surface area contributed by atoms with E-state index in [9.17, 15) is 4.79 Å². The fourth-order valence-electron chi connectivity index (χ4n) is 1.34. The highest BCUT2D eigenvalue weighted by Crippen LogP contribution is 2.06. The number of carbonyl (C=O) groups is 1. The maximum atomic E-state index is 11.4. The Bertz CT molecular complexity index is 230. The molecule has 0 aliphatic rings. The van der Waals surface area contributed by atoms with Gasteiger partial charge in [-0.3, -0.25) is 0 Å². The largest absolute Gasteiger partial charge is 0.444 e. The first-order valence-corrected chi connectivity index (χ1v) is 7.93. The van der Waals surface area contributed by atoms with Gasteiger partial charge in [-0.05, 0) is 59.1 Å². The topological polar surface area (TPSA) is 50.4 Å². The molecule has 1 atom stereocenters. The second kappa shape index (κ2) is 9.50. The minimum absolute atomic E-state index is 0.270. The molecule has 0 aliphatic heterocycles. The van der Waals surface area contributed by atoms with Crippen LogP contribution in [0.5, 0.6) is 0 Å². The van der Waals surface area contributed by atoms with Crippen molar-refractivity contribution in [2.75, 3.05) is 25.1 Å². The van der Waals surface area contributed by atoms with Crippen molar-refractivity contribution in [3.8, 4) is 0 Å². The molecule has 0 heterocycles. The smallest absolute Gasteiger partial charge is 0.407 e. The summed E-state index contributed by atoms with van der Waals surface area (Å²) in [7, 11) is 0. The molecule has 4 nitrogen and oxygen atoms in total. The number of hydrogen-bond acceptors (Lipinski definition) is 4. The third-order valence-corrected chi connectivity index (χ3v) is 2.92. The Kier molecular flexibility index (Phi) is 9.28. The number of unbranched alkanes of at least 4 members (excludes halogenated alkanes) is 1. The Labute approximate surface area is 116 Å². The predicted molar refractivity (Wildman–Crippen MR) is 79.3 cm³/mol. The fourth-order valence-corrected chi connectivity index (χ4v) is 1.84. The lowest BCUT2D eigenvalue weighted by atomic mass is 10.2. The lowest BCUT2D eigenvalue weighted by Crippen LogP contribution is -2.41. The van der Waals surface area contributed by atoms with Gasteiger partial charge in [-0.2, -0.15) is 11.8 Å². The molecule has 0 saturated carbocycles. The van der Waals surface area contributed by atoms with Crippen LogP contribution >= 0.6 is 11.8 Å². The van der Waals surface area contributed by atoms with Crippen molar-refractivity contribution >= 4 is 17.9 Å². The summed E-state index contributed by atoms with van der Waals surface area (Å²) < 4.78 is 5.17. The van der Waals surface area contributed by atoms with Gasteiger partial charge in [0, 0.05) is 12.6 Å². The third-order valence-electron chi connectivity index (χ3n) is 2.22. The van der Waals surface area contributed by atoms with E-state index in [-0.39, 0.29) is 12.1 Å². The van der Waals surface area contributed by atoms with Gasteiger partial charge in [0.2, 0.25) is 0 Å². The molecule has 108 valence electrons. The first-order valence-electron chi connectivity index (χ1n) is 6.54. The molecule has 0 saturated heterocycles. The molecule has 0 fully saturated rings. The number of alkyl carbamates (subject to hydrolysis) is 1. The van der Waals surface area contributed by atoms with Gasteiger partial charge in [-0.1, -0.05) is 0 Å². The molecule has 0 aromatic rings. The van der Waals surface area contributed by atoms with Crippen molar-refractivity contribution in [3.05, 3.63) is 0 Å². The Hall–Kier alpha value is -0.420. The number of amides is 1. The van der Waals surface area contributed by atoms with Gasteiger partial charge in [0.25, 0.3) is 0 Å². The van der Waals surface area contributed by atoms with E-state index < -0.39 is 5.60 Å². The van der Waals surface area contributed by atoms with Crippen LogP contribution in [0.3, 0.4) is 0 Å². The van der Waals surface area contributed by atoms with Crippen LogP contribution < -0.4 is 10.6 Å². The molecule has 0 radical (unpaired) electrons. The number of hydrogen-bond donors (Lipinski definition) is 2. The molecular formula is C13H28N2O2S. The lowest BCUT2D eigenvalue weighted by molar-refractivity contribution is 0.0523. The summed E-state index contributed by atoms with van der Waals surface area (Å²) in [4.78, 5) is 11.4. The molecule has 0 rings (SSSR count). The van der Waals surface area contributed by atoms with Crippen LogP contribution in [-0.2, 0) is 4.74 Å². The number of nitrogens with one attached hydrogen (secondary N) is 2. The van der Waals surface area contributed by atoms with Gasteiger partial charge in [0.15, 0.2) is 0 Å². The average molecular weight is 276 g/mol. The maximum absolute atomic E-state index is 11.4. The van der Waals surface area contributed by atoms with Gasteiger partial charge < -0.3 is 15.4 Å². The second-order valence-electron chi connectivity index (χ2n) is 5.44. The van der Waals surface area contributed by atoms with Crippen molar-refractivity contribution in [2.45, 2.75) is 52.2 Å². The molecule has 0 aromatic heterocycles. The molecule has 2 N–H and O–H groups in total. The number of ether oxygens (including phenoxy) is 1. The summed E-state index contributed by atoms with van der Waals surface area (Å²) in [6.45, 7) is 9.24. The minimum atomic E-state index is -0.432. The molecule has 5 heteroatoms. The summed E-state index contributed by atoms with van der Waals surface area (Å²) in [5, 5.41) is 6.14. The molecular weight excluding hydrogens is 248 g/mol. The minimum Gasteiger partial charge on any atom is -0.444 e. The van der Waals surface area contributed by atoms with E-state index >= 15 is 0 Å². The first kappa shape index (κ1) is 17.6. The van der Waals surface area contributed by atoms with Gasteiger partial charge >= 0.3 is 6.09 Å². The Morgan fingerprint density at radius 3 is 2.56 bits per heavy atom. The number of rotatable bonds is 8. The maximum Gasteiger partial charge on any atom is 0.407 e. The molecule has 0 aromatic carbocycles. The monoisotopic (exact) mass is 276 g/mol. The quantitative estimate of drug-likeness (QED) is 0.669. The number of carbonyl (C=O) groups excluding carboxylic acids is 1. The highest BCUT2D eigenvalue weighted by molar-refractivity contribution is 7.98. The van der Waals surface area contributed by atoms with E-state index in [2.05, 4.69) is 23.8 Å². The molecule has 1 amide bonds. The van der Waals surface area contributed by atoms with E-state index in [1.165, 1.54) is 18.6 Å². The summed E-state index contributed by atoms with van der Waals surface area (Å²) in [5.41, 5.74) is -0.432. The average Bonchev–Trinajstić information content (AvgIpc) is 2.24.